The number of hydrogen-bond acceptors (Lipinski definition) is 3. The van der Waals surface area contributed by atoms with Crippen molar-refractivity contribution in [1.82, 2.24) is 5.32 Å². The zero-order valence-corrected chi connectivity index (χ0v) is 12.8. The number of benzene rings is 1. The van der Waals surface area contributed by atoms with Gasteiger partial charge in [0.1, 0.15) is 0 Å². The van der Waals surface area contributed by atoms with Crippen molar-refractivity contribution in [3.05, 3.63) is 28.8 Å². The average molecular weight is 317 g/mol. The molecule has 0 bridgehead atoms. The van der Waals surface area contributed by atoms with Crippen LogP contribution in [0.15, 0.2) is 18.2 Å². The zero-order chi connectivity index (χ0) is 15.1. The first kappa shape index (κ1) is 16.7. The zero-order valence-electron chi connectivity index (χ0n) is 11.3. The normalized spacial score (nSPS) is 11.8. The number of aromatic carboxylic acids is 1. The van der Waals surface area contributed by atoms with Crippen molar-refractivity contribution in [1.29, 1.82) is 0 Å². The molecule has 0 heterocycles. The van der Waals surface area contributed by atoms with Gasteiger partial charge in [0.15, 0.2) is 0 Å². The fraction of sp³-hybridized carbons (Fsp3) is 0.385. The summed E-state index contributed by atoms with van der Waals surface area (Å²) in [4.78, 5) is 22.5. The van der Waals surface area contributed by atoms with E-state index in [1.165, 1.54) is 18.2 Å². The van der Waals surface area contributed by atoms with Gasteiger partial charge in [-0.2, -0.15) is 11.8 Å². The lowest BCUT2D eigenvalue weighted by Gasteiger charge is -2.11. The number of anilines is 1. The second kappa shape index (κ2) is 8.01. The number of carbonyl (C=O) groups excluding carboxylic acids is 1. The lowest BCUT2D eigenvalue weighted by atomic mass is 10.2. The number of rotatable bonds is 6. The molecule has 0 fully saturated rings. The Bertz CT molecular complexity index is 497. The number of nitrogens with one attached hydrogen (secondary N) is 2. The van der Waals surface area contributed by atoms with E-state index in [-0.39, 0.29) is 11.3 Å². The molecule has 1 rings (SSSR count). The highest BCUT2D eigenvalue weighted by molar-refractivity contribution is 7.99. The van der Waals surface area contributed by atoms with Crippen LogP contribution in [0.3, 0.4) is 0 Å². The molecule has 1 aromatic carbocycles. The standard InChI is InChI=1S/C13H17ClN2O3S/c1-8(20-2)5-6-15-13(19)16-11-7-9(12(17)18)3-4-10(11)14/h3-4,7-8H,5-6H2,1-2H3,(H,17,18)(H2,15,16,19). The second-order valence-electron chi connectivity index (χ2n) is 4.22. The van der Waals surface area contributed by atoms with Gasteiger partial charge in [0, 0.05) is 11.8 Å². The lowest BCUT2D eigenvalue weighted by Crippen LogP contribution is -2.30. The van der Waals surface area contributed by atoms with E-state index < -0.39 is 12.0 Å². The van der Waals surface area contributed by atoms with E-state index in [1.807, 2.05) is 6.26 Å². The first-order chi connectivity index (χ1) is 9.43. The van der Waals surface area contributed by atoms with Gasteiger partial charge in [0.25, 0.3) is 0 Å². The number of carboxylic acid groups (broad SMARTS) is 1. The molecule has 0 aliphatic rings. The molecule has 0 aliphatic heterocycles. The van der Waals surface area contributed by atoms with Gasteiger partial charge in [0.05, 0.1) is 16.3 Å². The van der Waals surface area contributed by atoms with E-state index in [0.717, 1.165) is 6.42 Å². The van der Waals surface area contributed by atoms with E-state index >= 15 is 0 Å². The first-order valence-corrected chi connectivity index (χ1v) is 7.71. The molecule has 1 unspecified atom stereocenters. The van der Waals surface area contributed by atoms with Gasteiger partial charge in [-0.15, -0.1) is 0 Å². The minimum absolute atomic E-state index is 0.0701. The van der Waals surface area contributed by atoms with Crippen LogP contribution in [0.2, 0.25) is 5.02 Å². The molecule has 1 aromatic rings. The molecule has 3 N–H and O–H groups in total. The number of thioether (sulfide) groups is 1. The summed E-state index contributed by atoms with van der Waals surface area (Å²) in [5, 5.41) is 14.9. The van der Waals surface area contributed by atoms with Crippen LogP contribution in [0.25, 0.3) is 0 Å². The molecule has 0 spiro atoms. The van der Waals surface area contributed by atoms with Gasteiger partial charge in [0.2, 0.25) is 0 Å². The molecule has 0 saturated carbocycles. The molecule has 0 saturated heterocycles. The van der Waals surface area contributed by atoms with Crippen LogP contribution >= 0.6 is 23.4 Å². The Labute approximate surface area is 127 Å². The van der Waals surface area contributed by atoms with Gasteiger partial charge in [-0.05, 0) is 30.9 Å². The van der Waals surface area contributed by atoms with Crippen molar-refractivity contribution in [3.63, 3.8) is 0 Å². The summed E-state index contributed by atoms with van der Waals surface area (Å²) in [5.41, 5.74) is 0.350. The van der Waals surface area contributed by atoms with Gasteiger partial charge in [-0.1, -0.05) is 18.5 Å². The summed E-state index contributed by atoms with van der Waals surface area (Å²) >= 11 is 7.64. The third kappa shape index (κ3) is 5.30. The molecule has 1 atom stereocenters. The smallest absolute Gasteiger partial charge is 0.335 e. The Kier molecular flexibility index (Phi) is 6.67. The summed E-state index contributed by atoms with van der Waals surface area (Å²) < 4.78 is 0. The quantitative estimate of drug-likeness (QED) is 0.752. The Morgan fingerprint density at radius 3 is 2.75 bits per heavy atom. The van der Waals surface area contributed by atoms with E-state index in [0.29, 0.717) is 16.8 Å². The van der Waals surface area contributed by atoms with Crippen molar-refractivity contribution in [2.45, 2.75) is 18.6 Å². The van der Waals surface area contributed by atoms with Crippen LogP contribution in [-0.2, 0) is 0 Å². The maximum atomic E-state index is 11.7. The number of carboxylic acids is 1. The molecule has 0 aliphatic carbocycles. The summed E-state index contributed by atoms with van der Waals surface area (Å²) in [6.45, 7) is 2.63. The topological polar surface area (TPSA) is 78.4 Å². The van der Waals surface area contributed by atoms with Crippen molar-refractivity contribution >= 4 is 41.1 Å². The Hall–Kier alpha value is -1.40. The van der Waals surface area contributed by atoms with Crippen LogP contribution in [-0.4, -0.2) is 35.2 Å². The maximum Gasteiger partial charge on any atom is 0.335 e. The third-order valence-corrected chi connectivity index (χ3v) is 4.07. The van der Waals surface area contributed by atoms with E-state index in [1.54, 1.807) is 11.8 Å². The highest BCUT2D eigenvalue weighted by atomic mass is 35.5. The van der Waals surface area contributed by atoms with Crippen molar-refractivity contribution in [2.75, 3.05) is 18.1 Å². The predicted octanol–water partition coefficient (Wildman–Crippen LogP) is 3.30. The van der Waals surface area contributed by atoms with Gasteiger partial charge < -0.3 is 15.7 Å². The second-order valence-corrected chi connectivity index (χ2v) is 5.90. The highest BCUT2D eigenvalue weighted by Gasteiger charge is 2.10. The Morgan fingerprint density at radius 1 is 1.45 bits per heavy atom. The van der Waals surface area contributed by atoms with Crippen LogP contribution in [0.1, 0.15) is 23.7 Å². The number of halogens is 1. The fourth-order valence-electron chi connectivity index (χ4n) is 1.43. The van der Waals surface area contributed by atoms with Crippen LogP contribution in [0, 0.1) is 0 Å². The molecular formula is C13H17ClN2O3S. The molecule has 110 valence electrons. The maximum absolute atomic E-state index is 11.7. The fourth-order valence-corrected chi connectivity index (χ4v) is 1.95. The lowest BCUT2D eigenvalue weighted by molar-refractivity contribution is 0.0697. The molecule has 20 heavy (non-hydrogen) atoms. The minimum Gasteiger partial charge on any atom is -0.478 e. The molecule has 0 aromatic heterocycles. The van der Waals surface area contributed by atoms with Crippen molar-refractivity contribution in [3.8, 4) is 0 Å². The number of hydrogen-bond donors (Lipinski definition) is 3. The molecule has 2 amide bonds. The summed E-state index contributed by atoms with van der Waals surface area (Å²) in [5.74, 6) is -1.07. The summed E-state index contributed by atoms with van der Waals surface area (Å²) in [6.07, 6.45) is 2.87. The summed E-state index contributed by atoms with van der Waals surface area (Å²) in [6, 6.07) is 3.75. The number of amides is 2. The van der Waals surface area contributed by atoms with Crippen molar-refractivity contribution in [2.24, 2.45) is 0 Å². The van der Waals surface area contributed by atoms with E-state index in [4.69, 9.17) is 16.7 Å². The van der Waals surface area contributed by atoms with Gasteiger partial charge >= 0.3 is 12.0 Å². The van der Waals surface area contributed by atoms with E-state index in [9.17, 15) is 9.59 Å². The Balaban J connectivity index is 2.57. The molecule has 0 radical (unpaired) electrons. The minimum atomic E-state index is -1.07. The summed E-state index contributed by atoms with van der Waals surface area (Å²) in [7, 11) is 0. The van der Waals surface area contributed by atoms with Gasteiger partial charge in [-0.25, -0.2) is 9.59 Å². The molecule has 7 heteroatoms. The first-order valence-electron chi connectivity index (χ1n) is 6.04. The van der Waals surface area contributed by atoms with Crippen LogP contribution in [0.4, 0.5) is 10.5 Å². The molecular weight excluding hydrogens is 300 g/mol. The average Bonchev–Trinajstić information content (AvgIpc) is 2.40. The number of carbonyl (C=O) groups is 2. The largest absolute Gasteiger partial charge is 0.478 e. The van der Waals surface area contributed by atoms with E-state index in [2.05, 4.69) is 17.6 Å². The SMILES string of the molecule is CSC(C)CCNC(=O)Nc1cc(C(=O)O)ccc1Cl. The monoisotopic (exact) mass is 316 g/mol. The predicted molar refractivity (Wildman–Crippen MR) is 83.0 cm³/mol. The van der Waals surface area contributed by atoms with Crippen LogP contribution < -0.4 is 10.6 Å². The van der Waals surface area contributed by atoms with Gasteiger partial charge in [-0.3, -0.25) is 0 Å². The van der Waals surface area contributed by atoms with Crippen LogP contribution in [0.5, 0.6) is 0 Å². The highest BCUT2D eigenvalue weighted by Crippen LogP contribution is 2.23. The van der Waals surface area contributed by atoms with Crippen molar-refractivity contribution < 1.29 is 14.7 Å². The Morgan fingerprint density at radius 2 is 2.15 bits per heavy atom. The number of urea groups is 1. The molecule has 5 nitrogen and oxygen atoms in total. The third-order valence-electron chi connectivity index (χ3n) is 2.70.